The average molecular weight is 379 g/mol. The molecule has 6 nitrogen and oxygen atoms in total. The van der Waals surface area contributed by atoms with Gasteiger partial charge in [-0.2, -0.15) is 5.10 Å². The molecule has 134 valence electrons. The third kappa shape index (κ3) is 3.75. The maximum absolute atomic E-state index is 12.2. The van der Waals surface area contributed by atoms with Gasteiger partial charge in [0.1, 0.15) is 11.4 Å². The number of aromatic nitrogens is 3. The van der Waals surface area contributed by atoms with Gasteiger partial charge in [0.25, 0.3) is 5.91 Å². The van der Waals surface area contributed by atoms with Gasteiger partial charge in [-0.15, -0.1) is 0 Å². The van der Waals surface area contributed by atoms with Crippen molar-refractivity contribution in [1.29, 1.82) is 0 Å². The van der Waals surface area contributed by atoms with E-state index in [0.717, 1.165) is 22.2 Å². The van der Waals surface area contributed by atoms with Crippen molar-refractivity contribution in [1.82, 2.24) is 15.2 Å². The number of hydrogen-bond donors (Lipinski definition) is 2. The summed E-state index contributed by atoms with van der Waals surface area (Å²) in [5.74, 6) is 0.197. The first-order valence-electron chi connectivity index (χ1n) is 8.26. The summed E-state index contributed by atoms with van der Waals surface area (Å²) in [7, 11) is 0. The standard InChI is InChI=1S/C20H15ClN4O2/c21-16-3-1-2-4-18(16)27-12-19(26)23-14-5-6-17-15(11-14)20(25-24-17)13-7-9-22-10-8-13/h1-11H,12H2,(H,23,26)(H,24,25). The van der Waals surface area contributed by atoms with Gasteiger partial charge >= 0.3 is 0 Å². The number of rotatable bonds is 5. The van der Waals surface area contributed by atoms with Crippen molar-refractivity contribution in [2.45, 2.75) is 0 Å². The van der Waals surface area contributed by atoms with Gasteiger partial charge in [0, 0.05) is 29.0 Å². The Labute approximate surface area is 160 Å². The number of H-pyrrole nitrogens is 1. The number of ether oxygens (including phenoxy) is 1. The lowest BCUT2D eigenvalue weighted by Gasteiger charge is -2.09. The van der Waals surface area contributed by atoms with Gasteiger partial charge in [-0.25, -0.2) is 0 Å². The predicted octanol–water partition coefficient (Wildman–Crippen LogP) is 4.30. The molecular weight excluding hydrogens is 364 g/mol. The first-order chi connectivity index (χ1) is 13.2. The molecule has 2 heterocycles. The molecule has 2 aromatic heterocycles. The molecule has 2 N–H and O–H groups in total. The number of aromatic amines is 1. The zero-order chi connectivity index (χ0) is 18.6. The summed E-state index contributed by atoms with van der Waals surface area (Å²) < 4.78 is 5.47. The lowest BCUT2D eigenvalue weighted by atomic mass is 10.1. The maximum atomic E-state index is 12.2. The Bertz CT molecular complexity index is 1100. The number of para-hydroxylation sites is 1. The SMILES string of the molecule is O=C(COc1ccccc1Cl)Nc1ccc2[nH]nc(-c3ccncc3)c2c1. The summed E-state index contributed by atoms with van der Waals surface area (Å²) in [5.41, 5.74) is 3.29. The van der Waals surface area contributed by atoms with Gasteiger partial charge < -0.3 is 10.1 Å². The van der Waals surface area contributed by atoms with E-state index in [0.29, 0.717) is 16.5 Å². The Kier molecular flexibility index (Phi) is 4.72. The van der Waals surface area contributed by atoms with Crippen LogP contribution >= 0.6 is 11.6 Å². The molecular formula is C20H15ClN4O2. The molecule has 0 radical (unpaired) electrons. The highest BCUT2D eigenvalue weighted by atomic mass is 35.5. The first-order valence-corrected chi connectivity index (χ1v) is 8.64. The lowest BCUT2D eigenvalue weighted by Crippen LogP contribution is -2.20. The summed E-state index contributed by atoms with van der Waals surface area (Å²) in [4.78, 5) is 16.2. The van der Waals surface area contributed by atoms with E-state index in [1.807, 2.05) is 30.3 Å². The number of fused-ring (bicyclic) bond motifs is 1. The highest BCUT2D eigenvalue weighted by molar-refractivity contribution is 6.32. The molecule has 7 heteroatoms. The van der Waals surface area contributed by atoms with E-state index in [1.165, 1.54) is 0 Å². The zero-order valence-corrected chi connectivity index (χ0v) is 14.9. The van der Waals surface area contributed by atoms with E-state index in [9.17, 15) is 4.79 Å². The fourth-order valence-corrected chi connectivity index (χ4v) is 2.91. The minimum Gasteiger partial charge on any atom is -0.482 e. The van der Waals surface area contributed by atoms with Crippen molar-refractivity contribution in [3.8, 4) is 17.0 Å². The number of nitrogens with one attached hydrogen (secondary N) is 2. The van der Waals surface area contributed by atoms with Crippen LogP contribution in [0.3, 0.4) is 0 Å². The number of carbonyl (C=O) groups is 1. The third-order valence-corrected chi connectivity index (χ3v) is 4.31. The summed E-state index contributed by atoms with van der Waals surface area (Å²) in [6.45, 7) is -0.135. The van der Waals surface area contributed by atoms with Crippen molar-refractivity contribution >= 4 is 34.1 Å². The number of pyridine rings is 1. The highest BCUT2D eigenvalue weighted by Gasteiger charge is 2.11. The molecule has 0 aliphatic carbocycles. The normalized spacial score (nSPS) is 10.7. The second-order valence-corrected chi connectivity index (χ2v) is 6.24. The van der Waals surface area contributed by atoms with Crippen LogP contribution in [-0.4, -0.2) is 27.7 Å². The fraction of sp³-hybridized carbons (Fsp3) is 0.0500. The van der Waals surface area contributed by atoms with E-state index in [2.05, 4.69) is 20.5 Å². The van der Waals surface area contributed by atoms with E-state index >= 15 is 0 Å². The van der Waals surface area contributed by atoms with Gasteiger partial charge in [0.05, 0.1) is 10.5 Å². The summed E-state index contributed by atoms with van der Waals surface area (Å²) in [6, 6.07) is 16.4. The number of carbonyl (C=O) groups excluding carboxylic acids is 1. The second-order valence-electron chi connectivity index (χ2n) is 5.84. The predicted molar refractivity (Wildman–Crippen MR) is 105 cm³/mol. The van der Waals surface area contributed by atoms with E-state index < -0.39 is 0 Å². The molecule has 0 aliphatic heterocycles. The number of hydrogen-bond acceptors (Lipinski definition) is 4. The first kappa shape index (κ1) is 17.1. The molecule has 0 spiro atoms. The molecule has 4 aromatic rings. The number of benzene rings is 2. The van der Waals surface area contributed by atoms with Crippen LogP contribution in [0.15, 0.2) is 67.0 Å². The van der Waals surface area contributed by atoms with Crippen LogP contribution in [0.2, 0.25) is 5.02 Å². The molecule has 1 amide bonds. The van der Waals surface area contributed by atoms with Gasteiger partial charge in [-0.05, 0) is 42.5 Å². The summed E-state index contributed by atoms with van der Waals surface area (Å²) in [6.07, 6.45) is 3.43. The molecule has 0 unspecified atom stereocenters. The summed E-state index contributed by atoms with van der Waals surface area (Å²) >= 11 is 6.02. The van der Waals surface area contributed by atoms with Gasteiger partial charge in [0.2, 0.25) is 0 Å². The number of amides is 1. The minimum absolute atomic E-state index is 0.135. The van der Waals surface area contributed by atoms with Crippen molar-refractivity contribution in [2.24, 2.45) is 0 Å². The molecule has 4 rings (SSSR count). The van der Waals surface area contributed by atoms with Crippen molar-refractivity contribution in [3.63, 3.8) is 0 Å². The van der Waals surface area contributed by atoms with Crippen LogP contribution in [0.25, 0.3) is 22.2 Å². The fourth-order valence-electron chi connectivity index (χ4n) is 2.72. The number of nitrogens with zero attached hydrogens (tertiary/aromatic N) is 2. The van der Waals surface area contributed by atoms with Crippen LogP contribution in [0.5, 0.6) is 5.75 Å². The highest BCUT2D eigenvalue weighted by Crippen LogP contribution is 2.28. The molecule has 0 saturated carbocycles. The molecule has 0 fully saturated rings. The molecule has 0 saturated heterocycles. The molecule has 0 aliphatic rings. The second kappa shape index (κ2) is 7.47. The topological polar surface area (TPSA) is 79.9 Å². The Hall–Kier alpha value is -3.38. The Morgan fingerprint density at radius 2 is 1.93 bits per heavy atom. The Balaban J connectivity index is 1.50. The molecule has 27 heavy (non-hydrogen) atoms. The average Bonchev–Trinajstić information content (AvgIpc) is 3.11. The monoisotopic (exact) mass is 378 g/mol. The minimum atomic E-state index is -0.275. The van der Waals surface area contributed by atoms with Crippen LogP contribution in [0.4, 0.5) is 5.69 Å². The molecule has 0 bridgehead atoms. The van der Waals surface area contributed by atoms with E-state index in [-0.39, 0.29) is 12.5 Å². The maximum Gasteiger partial charge on any atom is 0.262 e. The lowest BCUT2D eigenvalue weighted by molar-refractivity contribution is -0.118. The van der Waals surface area contributed by atoms with Crippen molar-refractivity contribution < 1.29 is 9.53 Å². The van der Waals surface area contributed by atoms with Crippen LogP contribution in [0, 0.1) is 0 Å². The smallest absolute Gasteiger partial charge is 0.262 e. The van der Waals surface area contributed by atoms with Crippen molar-refractivity contribution in [2.75, 3.05) is 11.9 Å². The van der Waals surface area contributed by atoms with Crippen LogP contribution in [-0.2, 0) is 4.79 Å². The van der Waals surface area contributed by atoms with Gasteiger partial charge in [-0.1, -0.05) is 23.7 Å². The molecule has 0 atom stereocenters. The number of halogens is 1. The van der Waals surface area contributed by atoms with E-state index in [1.54, 1.807) is 36.7 Å². The quantitative estimate of drug-likeness (QED) is 0.542. The zero-order valence-electron chi connectivity index (χ0n) is 14.1. The van der Waals surface area contributed by atoms with Crippen LogP contribution in [0.1, 0.15) is 0 Å². The summed E-state index contributed by atoms with van der Waals surface area (Å²) in [5, 5.41) is 11.6. The Morgan fingerprint density at radius 1 is 1.11 bits per heavy atom. The molecule has 2 aromatic carbocycles. The van der Waals surface area contributed by atoms with Gasteiger partial charge in [0.15, 0.2) is 6.61 Å². The third-order valence-electron chi connectivity index (χ3n) is 4.00. The largest absolute Gasteiger partial charge is 0.482 e. The van der Waals surface area contributed by atoms with Crippen LogP contribution < -0.4 is 10.1 Å². The van der Waals surface area contributed by atoms with E-state index in [4.69, 9.17) is 16.3 Å². The number of anilines is 1. The van der Waals surface area contributed by atoms with Crippen molar-refractivity contribution in [3.05, 3.63) is 72.0 Å². The Morgan fingerprint density at radius 3 is 2.74 bits per heavy atom. The van der Waals surface area contributed by atoms with Gasteiger partial charge in [-0.3, -0.25) is 14.9 Å².